The Balaban J connectivity index is 1.41. The van der Waals surface area contributed by atoms with Crippen LogP contribution < -0.4 is 10.1 Å². The molecule has 0 aliphatic heterocycles. The molecule has 2 aliphatic rings. The van der Waals surface area contributed by atoms with Crippen molar-refractivity contribution in [3.05, 3.63) is 70.0 Å². The molecule has 0 bridgehead atoms. The number of carboxylic acid groups (broad SMARTS) is 1. The van der Waals surface area contributed by atoms with E-state index in [1.165, 1.54) is 0 Å². The number of rotatable bonds is 9. The Bertz CT molecular complexity index is 1580. The number of hydrogen-bond acceptors (Lipinski definition) is 4. The van der Waals surface area contributed by atoms with Gasteiger partial charge in [0.2, 0.25) is 11.6 Å². The van der Waals surface area contributed by atoms with Crippen LogP contribution in [0.2, 0.25) is 5.02 Å². The SMILES string of the molecule is [2H]C([2H])([2H])N(C(=O)c1ccc(C#CCCCNC(=O)C2(C(=O)O)CC2)cc1)C1C(C)(C)C(Oc2ccc([N+]#[C-])c(Cl)c2)C1(C)C. The van der Waals surface area contributed by atoms with Crippen LogP contribution in [-0.2, 0) is 9.59 Å². The molecule has 2 amide bonds. The van der Waals surface area contributed by atoms with Gasteiger partial charge in [0.1, 0.15) is 17.3 Å². The number of carbonyl (C=O) groups is 3. The predicted octanol–water partition coefficient (Wildman–Crippen LogP) is 5.96. The van der Waals surface area contributed by atoms with E-state index in [2.05, 4.69) is 22.0 Å². The van der Waals surface area contributed by atoms with Gasteiger partial charge in [-0.1, -0.05) is 57.2 Å². The van der Waals surface area contributed by atoms with Gasteiger partial charge in [-0.2, -0.15) is 0 Å². The van der Waals surface area contributed by atoms with Gasteiger partial charge < -0.3 is 20.1 Å². The average molecular weight is 593 g/mol. The zero-order valence-electron chi connectivity index (χ0n) is 27.1. The van der Waals surface area contributed by atoms with Crippen LogP contribution in [0.25, 0.3) is 4.85 Å². The number of nitrogens with zero attached hydrogens (tertiary/aromatic N) is 2. The first kappa shape index (κ1) is 26.9. The van der Waals surface area contributed by atoms with Crippen molar-refractivity contribution in [2.45, 2.75) is 65.5 Å². The molecule has 0 atom stereocenters. The average Bonchev–Trinajstić information content (AvgIpc) is 3.78. The van der Waals surface area contributed by atoms with Crippen LogP contribution in [0.4, 0.5) is 5.69 Å². The summed E-state index contributed by atoms with van der Waals surface area (Å²) in [7, 11) is 0. The van der Waals surface area contributed by atoms with Crippen molar-refractivity contribution in [1.29, 1.82) is 0 Å². The molecule has 2 aromatic carbocycles. The third kappa shape index (κ3) is 5.82. The number of unbranched alkanes of at least 4 members (excludes halogenated alkanes) is 1. The quantitative estimate of drug-likeness (QED) is 0.162. The molecule has 0 unspecified atom stereocenters. The second kappa shape index (κ2) is 11.7. The largest absolute Gasteiger partial charge is 0.489 e. The standard InChI is InChI=1S/C33H36ClN3O5/c1-31(2)27(32(3,4)28(31)42-23-15-16-25(35-5)24(34)20-23)37(6)26(38)22-13-11-21(12-14-22)10-8-7-9-19-36-29(39)33(17-18-33)30(40)41/h11-16,20,27-28H,7,9,17-19H2,1-4,6H3,(H,36,39)(H,40,41)/i6D3. The lowest BCUT2D eigenvalue weighted by Crippen LogP contribution is -2.74. The number of aliphatic carboxylic acids is 1. The molecule has 2 aliphatic carbocycles. The molecule has 9 heteroatoms. The number of hydrogen-bond donors (Lipinski definition) is 2. The molecule has 0 spiro atoms. The summed E-state index contributed by atoms with van der Waals surface area (Å²) < 4.78 is 31.2. The fourth-order valence-corrected chi connectivity index (χ4v) is 6.41. The number of benzene rings is 2. The second-order valence-electron chi connectivity index (χ2n) is 12.1. The minimum atomic E-state index is -2.72. The van der Waals surface area contributed by atoms with Crippen molar-refractivity contribution < 1.29 is 28.3 Å². The van der Waals surface area contributed by atoms with Crippen molar-refractivity contribution in [1.82, 2.24) is 10.2 Å². The van der Waals surface area contributed by atoms with Gasteiger partial charge in [0, 0.05) is 52.1 Å². The van der Waals surface area contributed by atoms with Gasteiger partial charge in [-0.05, 0) is 55.7 Å². The van der Waals surface area contributed by atoms with E-state index in [9.17, 15) is 19.5 Å². The third-order valence-electron chi connectivity index (χ3n) is 8.25. The zero-order valence-corrected chi connectivity index (χ0v) is 24.8. The molecule has 0 radical (unpaired) electrons. The van der Waals surface area contributed by atoms with E-state index in [0.717, 1.165) is 4.90 Å². The van der Waals surface area contributed by atoms with Gasteiger partial charge in [-0.3, -0.25) is 14.4 Å². The first-order valence-corrected chi connectivity index (χ1v) is 14.1. The van der Waals surface area contributed by atoms with Crippen molar-refractivity contribution in [2.75, 3.05) is 13.5 Å². The Morgan fingerprint density at radius 1 is 1.17 bits per heavy atom. The van der Waals surface area contributed by atoms with Gasteiger partial charge in [0.05, 0.1) is 11.6 Å². The summed E-state index contributed by atoms with van der Waals surface area (Å²) in [6, 6.07) is 10.5. The van der Waals surface area contributed by atoms with Crippen LogP contribution in [0.1, 0.15) is 73.4 Å². The minimum absolute atomic E-state index is 0.212. The van der Waals surface area contributed by atoms with E-state index in [-0.39, 0.29) is 10.6 Å². The highest BCUT2D eigenvalue weighted by Crippen LogP contribution is 2.58. The molecule has 2 fully saturated rings. The first-order valence-electron chi connectivity index (χ1n) is 15.2. The van der Waals surface area contributed by atoms with E-state index in [0.29, 0.717) is 49.2 Å². The summed E-state index contributed by atoms with van der Waals surface area (Å²) in [5, 5.41) is 12.1. The molecule has 2 N–H and O–H groups in total. The van der Waals surface area contributed by atoms with E-state index in [1.54, 1.807) is 42.5 Å². The van der Waals surface area contributed by atoms with Crippen LogP contribution in [0.15, 0.2) is 42.5 Å². The highest BCUT2D eigenvalue weighted by Gasteiger charge is 2.65. The first-order chi connectivity index (χ1) is 21.0. The Hall–Kier alpha value is -4.01. The van der Waals surface area contributed by atoms with Crippen LogP contribution in [0.3, 0.4) is 0 Å². The maximum Gasteiger partial charge on any atom is 0.319 e. The molecule has 2 aromatic rings. The highest BCUT2D eigenvalue weighted by molar-refractivity contribution is 6.33. The normalized spacial score (nSPS) is 21.9. The Morgan fingerprint density at radius 2 is 1.83 bits per heavy atom. The lowest BCUT2D eigenvalue weighted by Gasteiger charge is -2.65. The van der Waals surface area contributed by atoms with Crippen LogP contribution in [0, 0.1) is 34.7 Å². The van der Waals surface area contributed by atoms with Crippen LogP contribution in [0.5, 0.6) is 5.75 Å². The number of carbonyl (C=O) groups excluding carboxylic acids is 2. The number of carboxylic acids is 1. The van der Waals surface area contributed by atoms with E-state index in [4.69, 9.17) is 27.0 Å². The van der Waals surface area contributed by atoms with Gasteiger partial charge in [-0.15, -0.1) is 0 Å². The number of ether oxygens (including phenoxy) is 1. The fourth-order valence-electron chi connectivity index (χ4n) is 6.19. The molecule has 4 rings (SSSR count). The Labute approximate surface area is 256 Å². The number of nitrogens with one attached hydrogen (secondary N) is 1. The minimum Gasteiger partial charge on any atom is -0.489 e. The monoisotopic (exact) mass is 592 g/mol. The molecule has 0 heterocycles. The summed E-state index contributed by atoms with van der Waals surface area (Å²) in [5.74, 6) is 4.28. The summed E-state index contributed by atoms with van der Waals surface area (Å²) in [6.07, 6.45) is 1.28. The maximum absolute atomic E-state index is 13.8. The Kier molecular flexibility index (Phi) is 7.48. The van der Waals surface area contributed by atoms with Crippen LogP contribution in [-0.4, -0.2) is 53.5 Å². The summed E-state index contributed by atoms with van der Waals surface area (Å²) >= 11 is 6.20. The molecule has 220 valence electrons. The fraction of sp³-hybridized carbons (Fsp3) is 0.455. The molecule has 8 nitrogen and oxygen atoms in total. The summed E-state index contributed by atoms with van der Waals surface area (Å²) in [4.78, 5) is 41.4. The third-order valence-corrected chi connectivity index (χ3v) is 8.56. The van der Waals surface area contributed by atoms with Gasteiger partial charge in [-0.25, -0.2) is 4.85 Å². The number of amides is 2. The van der Waals surface area contributed by atoms with Crippen molar-refractivity contribution in [2.24, 2.45) is 16.2 Å². The summed E-state index contributed by atoms with van der Waals surface area (Å²) in [6.45, 7) is 12.3. The topological polar surface area (TPSA) is 100 Å². The maximum atomic E-state index is 13.8. The predicted molar refractivity (Wildman–Crippen MR) is 160 cm³/mol. The van der Waals surface area contributed by atoms with E-state index in [1.807, 2.05) is 27.7 Å². The Morgan fingerprint density at radius 3 is 2.38 bits per heavy atom. The van der Waals surface area contributed by atoms with Gasteiger partial charge in [0.15, 0.2) is 0 Å². The summed E-state index contributed by atoms with van der Waals surface area (Å²) in [5.41, 5.74) is -1.62. The highest BCUT2D eigenvalue weighted by atomic mass is 35.5. The second-order valence-corrected chi connectivity index (χ2v) is 12.5. The van der Waals surface area contributed by atoms with Crippen molar-refractivity contribution in [3.63, 3.8) is 0 Å². The van der Waals surface area contributed by atoms with Crippen molar-refractivity contribution in [3.8, 4) is 17.6 Å². The van der Waals surface area contributed by atoms with Gasteiger partial charge >= 0.3 is 5.97 Å². The molecule has 42 heavy (non-hydrogen) atoms. The zero-order chi connectivity index (χ0) is 33.4. The molecule has 0 aromatic heterocycles. The van der Waals surface area contributed by atoms with Crippen molar-refractivity contribution >= 4 is 35.1 Å². The lowest BCUT2D eigenvalue weighted by atomic mass is 9.49. The molecular formula is C33H36ClN3O5. The van der Waals surface area contributed by atoms with Crippen LogP contribution >= 0.6 is 11.6 Å². The van der Waals surface area contributed by atoms with E-state index < -0.39 is 53.2 Å². The van der Waals surface area contributed by atoms with Gasteiger partial charge in [0.25, 0.3) is 5.91 Å². The number of halogens is 1. The molecule has 0 saturated heterocycles. The van der Waals surface area contributed by atoms with E-state index >= 15 is 0 Å². The smallest absolute Gasteiger partial charge is 0.319 e. The lowest BCUT2D eigenvalue weighted by molar-refractivity contribution is -0.195. The molecule has 2 saturated carbocycles. The molecular weight excluding hydrogens is 554 g/mol.